The number of aromatic nitrogens is 6. The van der Waals surface area contributed by atoms with Crippen LogP contribution in [0.5, 0.6) is 0 Å². The van der Waals surface area contributed by atoms with Gasteiger partial charge in [0, 0.05) is 29.9 Å². The predicted molar refractivity (Wildman–Crippen MR) is 141 cm³/mol. The Morgan fingerprint density at radius 1 is 1.11 bits per heavy atom. The number of nitriles is 1. The largest absolute Gasteiger partial charge is 0.359 e. The van der Waals surface area contributed by atoms with Crippen LogP contribution in [-0.2, 0) is 13.6 Å². The maximum atomic E-state index is 14.1. The molecule has 0 spiro atoms. The van der Waals surface area contributed by atoms with Crippen molar-refractivity contribution >= 4 is 45.7 Å². The third-order valence-electron chi connectivity index (χ3n) is 5.73. The number of rotatable bonds is 5. The first-order chi connectivity index (χ1) is 18.1. The average Bonchev–Trinajstić information content (AvgIpc) is 3.21. The molecule has 1 N–H and O–H groups in total. The van der Waals surface area contributed by atoms with Crippen molar-refractivity contribution in [2.75, 3.05) is 5.32 Å². The molecule has 0 aliphatic carbocycles. The van der Waals surface area contributed by atoms with Gasteiger partial charge in [-0.1, -0.05) is 23.2 Å². The van der Waals surface area contributed by atoms with Gasteiger partial charge in [0.1, 0.15) is 11.9 Å². The lowest BCUT2D eigenvalue weighted by atomic mass is 10.1. The molecule has 13 heteroatoms. The minimum atomic E-state index is -0.859. The number of benzene rings is 2. The van der Waals surface area contributed by atoms with Crippen molar-refractivity contribution in [1.29, 1.82) is 5.26 Å². The molecule has 3 heterocycles. The normalized spacial score (nSPS) is 11.1. The van der Waals surface area contributed by atoms with E-state index in [1.54, 1.807) is 55.3 Å². The summed E-state index contributed by atoms with van der Waals surface area (Å²) in [6.07, 6.45) is 4.72. The quantitative estimate of drug-likeness (QED) is 0.349. The van der Waals surface area contributed by atoms with E-state index in [4.69, 9.17) is 23.2 Å². The van der Waals surface area contributed by atoms with Crippen molar-refractivity contribution < 1.29 is 4.39 Å². The zero-order valence-corrected chi connectivity index (χ0v) is 21.4. The van der Waals surface area contributed by atoms with Gasteiger partial charge in [-0.25, -0.2) is 18.5 Å². The smallest absolute Gasteiger partial charge is 0.324 e. The summed E-state index contributed by atoms with van der Waals surface area (Å²) in [4.78, 5) is 35.0. The van der Waals surface area contributed by atoms with Crippen molar-refractivity contribution in [3.63, 3.8) is 0 Å². The van der Waals surface area contributed by atoms with Gasteiger partial charge >= 0.3 is 11.4 Å². The summed E-state index contributed by atoms with van der Waals surface area (Å²) in [6.45, 7) is 1.52. The Bertz CT molecular complexity index is 1910. The summed E-state index contributed by atoms with van der Waals surface area (Å²) in [5.41, 5.74) is 0.340. The van der Waals surface area contributed by atoms with Crippen LogP contribution in [0.2, 0.25) is 10.0 Å². The van der Waals surface area contributed by atoms with E-state index in [0.717, 1.165) is 26.2 Å². The number of anilines is 2. The number of nitrogens with one attached hydrogen (secondary N) is 1. The van der Waals surface area contributed by atoms with E-state index in [1.807, 2.05) is 0 Å². The van der Waals surface area contributed by atoms with Crippen LogP contribution in [0.3, 0.4) is 0 Å². The molecular weight excluding hydrogens is 534 g/mol. The molecule has 10 nitrogen and oxygen atoms in total. The Morgan fingerprint density at radius 2 is 1.89 bits per heavy atom. The fourth-order valence-corrected chi connectivity index (χ4v) is 4.39. The molecule has 5 rings (SSSR count). The van der Waals surface area contributed by atoms with Gasteiger partial charge < -0.3 is 5.32 Å². The van der Waals surface area contributed by atoms with Gasteiger partial charge in [-0.2, -0.15) is 15.3 Å². The van der Waals surface area contributed by atoms with Gasteiger partial charge in [-0.3, -0.25) is 14.2 Å². The molecule has 5 aromatic rings. The third-order valence-corrected chi connectivity index (χ3v) is 6.39. The van der Waals surface area contributed by atoms with E-state index >= 15 is 0 Å². The fourth-order valence-electron chi connectivity index (χ4n) is 3.97. The van der Waals surface area contributed by atoms with Crippen LogP contribution in [0.25, 0.3) is 16.6 Å². The molecule has 0 unspecified atom stereocenters. The van der Waals surface area contributed by atoms with E-state index < -0.39 is 17.2 Å². The number of aryl methyl sites for hydroxylation is 2. The van der Waals surface area contributed by atoms with E-state index in [9.17, 15) is 19.2 Å². The summed E-state index contributed by atoms with van der Waals surface area (Å²) >= 11 is 12.7. The summed E-state index contributed by atoms with van der Waals surface area (Å²) in [6, 6.07) is 8.95. The van der Waals surface area contributed by atoms with Gasteiger partial charge in [-0.15, -0.1) is 0 Å². The molecule has 0 aliphatic rings. The number of halogens is 3. The molecule has 0 bridgehead atoms. The van der Waals surface area contributed by atoms with Gasteiger partial charge in [-0.05, 0) is 48.4 Å². The highest BCUT2D eigenvalue weighted by molar-refractivity contribution is 6.34. The molecule has 0 aliphatic heterocycles. The Balaban J connectivity index is 1.71. The van der Waals surface area contributed by atoms with Gasteiger partial charge in [0.15, 0.2) is 0 Å². The number of hydrogen-bond donors (Lipinski definition) is 1. The standard InChI is InChI=1S/C25H17Cl2FN8O2/c1-13-3-17(10-30-9-13)36-24(37)32-23(31-22-5-16-11-34(2)33-21(16)7-19(22)27)35(25(36)38)12-15-4-14(8-29)20(28)6-18(15)26/h3-7,9-11H,12H2,1-2H3,(H,31,32,37). The zero-order valence-electron chi connectivity index (χ0n) is 19.9. The lowest BCUT2D eigenvalue weighted by Crippen LogP contribution is -2.41. The Labute approximate surface area is 224 Å². The van der Waals surface area contributed by atoms with Crippen molar-refractivity contribution in [3.05, 3.63) is 102 Å². The third kappa shape index (κ3) is 4.63. The van der Waals surface area contributed by atoms with Crippen LogP contribution in [0, 0.1) is 24.1 Å². The van der Waals surface area contributed by atoms with Crippen molar-refractivity contribution in [3.8, 4) is 11.8 Å². The predicted octanol–water partition coefficient (Wildman–Crippen LogP) is 4.09. The number of hydrogen-bond acceptors (Lipinski definition) is 7. The Hall–Kier alpha value is -4.53. The van der Waals surface area contributed by atoms with Gasteiger partial charge in [0.05, 0.1) is 40.2 Å². The average molecular weight is 551 g/mol. The zero-order chi connectivity index (χ0) is 27.1. The van der Waals surface area contributed by atoms with Crippen LogP contribution in [0.15, 0.2) is 58.5 Å². The SMILES string of the molecule is Cc1cncc(-n2c(=O)nc(Nc3cc4cn(C)nc4cc3Cl)n(Cc3cc(C#N)c(F)cc3Cl)c2=O)c1. The molecule has 0 radical (unpaired) electrons. The molecule has 0 saturated carbocycles. The topological polar surface area (TPSA) is 123 Å². The van der Waals surface area contributed by atoms with E-state index in [0.29, 0.717) is 11.2 Å². The highest BCUT2D eigenvalue weighted by atomic mass is 35.5. The molecule has 0 amide bonds. The number of fused-ring (bicyclic) bond motifs is 1. The summed E-state index contributed by atoms with van der Waals surface area (Å²) in [7, 11) is 1.77. The van der Waals surface area contributed by atoms with E-state index in [2.05, 4.69) is 20.4 Å². The second-order valence-electron chi connectivity index (χ2n) is 8.50. The molecule has 0 saturated heterocycles. The molecule has 0 atom stereocenters. The Kier molecular flexibility index (Phi) is 6.44. The second-order valence-corrected chi connectivity index (χ2v) is 9.31. The lowest BCUT2D eigenvalue weighted by Gasteiger charge is -2.17. The van der Waals surface area contributed by atoms with Crippen LogP contribution < -0.4 is 16.7 Å². The monoisotopic (exact) mass is 550 g/mol. The van der Waals surface area contributed by atoms with E-state index in [1.165, 1.54) is 12.3 Å². The summed E-state index contributed by atoms with van der Waals surface area (Å²) in [5.74, 6) is -0.932. The lowest BCUT2D eigenvalue weighted by molar-refractivity contribution is 0.620. The van der Waals surface area contributed by atoms with Gasteiger partial charge in [0.2, 0.25) is 5.95 Å². The van der Waals surface area contributed by atoms with Crippen LogP contribution in [-0.4, -0.2) is 28.9 Å². The number of nitrogens with zero attached hydrogens (tertiary/aromatic N) is 7. The minimum absolute atomic E-state index is 0.0101. The highest BCUT2D eigenvalue weighted by Crippen LogP contribution is 2.30. The molecule has 190 valence electrons. The molecule has 0 fully saturated rings. The van der Waals surface area contributed by atoms with E-state index in [-0.39, 0.29) is 39.4 Å². The maximum Gasteiger partial charge on any atom is 0.359 e. The van der Waals surface area contributed by atoms with Crippen molar-refractivity contribution in [2.24, 2.45) is 7.05 Å². The Morgan fingerprint density at radius 3 is 2.63 bits per heavy atom. The first kappa shape index (κ1) is 25.1. The van der Waals surface area contributed by atoms with Crippen molar-refractivity contribution in [1.82, 2.24) is 28.9 Å². The maximum absolute atomic E-state index is 14.1. The highest BCUT2D eigenvalue weighted by Gasteiger charge is 2.19. The van der Waals surface area contributed by atoms with Crippen LogP contribution in [0.4, 0.5) is 16.0 Å². The summed E-state index contributed by atoms with van der Waals surface area (Å²) in [5, 5.41) is 17.6. The first-order valence-electron chi connectivity index (χ1n) is 11.1. The molecule has 3 aromatic heterocycles. The molecular formula is C25H17Cl2FN8O2. The first-order valence-corrected chi connectivity index (χ1v) is 11.8. The molecule has 2 aromatic carbocycles. The summed E-state index contributed by atoms with van der Waals surface area (Å²) < 4.78 is 17.7. The fraction of sp³-hybridized carbons (Fsp3) is 0.120. The minimum Gasteiger partial charge on any atom is -0.324 e. The number of pyridine rings is 1. The second kappa shape index (κ2) is 9.74. The van der Waals surface area contributed by atoms with Crippen LogP contribution in [0.1, 0.15) is 16.7 Å². The van der Waals surface area contributed by atoms with Gasteiger partial charge in [0.25, 0.3) is 0 Å². The van der Waals surface area contributed by atoms with Crippen LogP contribution >= 0.6 is 23.2 Å². The molecule has 38 heavy (non-hydrogen) atoms. The van der Waals surface area contributed by atoms with Crippen molar-refractivity contribution in [2.45, 2.75) is 13.5 Å².